The van der Waals surface area contributed by atoms with Gasteiger partial charge in [0.2, 0.25) is 5.13 Å². The molecule has 1 unspecified atom stereocenters. The Morgan fingerprint density at radius 2 is 2.38 bits per heavy atom. The summed E-state index contributed by atoms with van der Waals surface area (Å²) in [6.45, 7) is 3.71. The van der Waals surface area contributed by atoms with Gasteiger partial charge in [-0.05, 0) is 13.8 Å². The molecule has 2 rings (SSSR count). The fourth-order valence-electron chi connectivity index (χ4n) is 1.11. The van der Waals surface area contributed by atoms with Gasteiger partial charge in [0.15, 0.2) is 0 Å². The number of amides is 1. The first-order valence-corrected chi connectivity index (χ1v) is 4.86. The maximum atomic E-state index is 11.6. The van der Waals surface area contributed by atoms with Crippen molar-refractivity contribution in [2.24, 2.45) is 11.0 Å². The van der Waals surface area contributed by atoms with Crippen LogP contribution in [0.1, 0.15) is 13.8 Å². The minimum atomic E-state index is -0.108. The zero-order chi connectivity index (χ0) is 9.42. The highest BCUT2D eigenvalue weighted by molar-refractivity contribution is 7.13. The molecule has 0 saturated heterocycles. The molecule has 0 fully saturated rings. The first kappa shape index (κ1) is 8.37. The molecular weight excluding hydrogens is 186 g/mol. The lowest BCUT2D eigenvalue weighted by Gasteiger charge is -2.07. The third kappa shape index (κ3) is 1.25. The maximum Gasteiger partial charge on any atom is 0.258 e. The summed E-state index contributed by atoms with van der Waals surface area (Å²) in [6, 6.07) is 0. The van der Waals surface area contributed by atoms with E-state index in [0.717, 1.165) is 5.71 Å². The van der Waals surface area contributed by atoms with Gasteiger partial charge in [0.25, 0.3) is 5.91 Å². The van der Waals surface area contributed by atoms with Gasteiger partial charge in [0, 0.05) is 17.3 Å². The molecule has 1 aliphatic rings. The van der Waals surface area contributed by atoms with Crippen molar-refractivity contribution in [3.8, 4) is 0 Å². The summed E-state index contributed by atoms with van der Waals surface area (Å²) in [5, 5.41) is 8.00. The Kier molecular flexibility index (Phi) is 1.88. The number of hydrogen-bond acceptors (Lipinski definition) is 4. The second kappa shape index (κ2) is 2.92. The quantitative estimate of drug-likeness (QED) is 0.681. The molecule has 2 heterocycles. The highest BCUT2D eigenvalue weighted by Gasteiger charge is 2.31. The van der Waals surface area contributed by atoms with E-state index in [1.165, 1.54) is 16.3 Å². The van der Waals surface area contributed by atoms with Gasteiger partial charge >= 0.3 is 0 Å². The van der Waals surface area contributed by atoms with Crippen molar-refractivity contribution in [1.29, 1.82) is 0 Å². The molecule has 1 amide bonds. The summed E-state index contributed by atoms with van der Waals surface area (Å²) in [5.74, 6) is -0.101. The normalized spacial score (nSPS) is 22.3. The monoisotopic (exact) mass is 195 g/mol. The molecule has 1 atom stereocenters. The maximum absolute atomic E-state index is 11.6. The number of hydrogen-bond donors (Lipinski definition) is 0. The molecule has 0 bridgehead atoms. The van der Waals surface area contributed by atoms with Gasteiger partial charge < -0.3 is 0 Å². The molecule has 68 valence electrons. The van der Waals surface area contributed by atoms with Gasteiger partial charge in [-0.3, -0.25) is 4.79 Å². The average molecular weight is 195 g/mol. The largest absolute Gasteiger partial charge is 0.272 e. The van der Waals surface area contributed by atoms with Crippen molar-refractivity contribution in [1.82, 2.24) is 4.98 Å². The lowest BCUT2D eigenvalue weighted by Crippen LogP contribution is -2.24. The Balaban J connectivity index is 2.33. The number of thiazole rings is 1. The molecule has 0 saturated carbocycles. The number of carbonyl (C=O) groups is 1. The Morgan fingerprint density at radius 1 is 1.62 bits per heavy atom. The number of hydrazone groups is 1. The van der Waals surface area contributed by atoms with Crippen LogP contribution in [0.4, 0.5) is 5.13 Å². The summed E-state index contributed by atoms with van der Waals surface area (Å²) in [4.78, 5) is 15.6. The Labute approximate surface area is 79.9 Å². The molecule has 1 aromatic rings. The van der Waals surface area contributed by atoms with Crippen LogP contribution in [0.25, 0.3) is 0 Å². The highest BCUT2D eigenvalue weighted by atomic mass is 32.1. The second-order valence-electron chi connectivity index (χ2n) is 2.93. The fraction of sp³-hybridized carbons (Fsp3) is 0.375. The van der Waals surface area contributed by atoms with E-state index in [-0.39, 0.29) is 11.8 Å². The first-order valence-electron chi connectivity index (χ1n) is 3.98. The van der Waals surface area contributed by atoms with Gasteiger partial charge in [-0.2, -0.15) is 10.1 Å². The number of nitrogens with zero attached hydrogens (tertiary/aromatic N) is 3. The zero-order valence-electron chi connectivity index (χ0n) is 7.39. The van der Waals surface area contributed by atoms with Gasteiger partial charge in [-0.15, -0.1) is 11.3 Å². The van der Waals surface area contributed by atoms with Crippen LogP contribution >= 0.6 is 11.3 Å². The van der Waals surface area contributed by atoms with Crippen LogP contribution in [-0.4, -0.2) is 16.6 Å². The van der Waals surface area contributed by atoms with Crippen LogP contribution in [0.3, 0.4) is 0 Å². The first-order chi connectivity index (χ1) is 6.20. The fourth-order valence-corrected chi connectivity index (χ4v) is 1.71. The number of rotatable bonds is 1. The van der Waals surface area contributed by atoms with Gasteiger partial charge in [-0.1, -0.05) is 0 Å². The zero-order valence-corrected chi connectivity index (χ0v) is 8.21. The Bertz CT molecular complexity index is 357. The van der Waals surface area contributed by atoms with E-state index >= 15 is 0 Å². The van der Waals surface area contributed by atoms with E-state index in [9.17, 15) is 4.79 Å². The molecule has 5 heteroatoms. The third-order valence-corrected chi connectivity index (χ3v) is 2.81. The molecular formula is C8H9N3OS. The SMILES string of the molecule is CC1=NN(c2nccs2)C(=O)C1C. The predicted molar refractivity (Wildman–Crippen MR) is 51.9 cm³/mol. The van der Waals surface area contributed by atoms with Crippen LogP contribution < -0.4 is 5.01 Å². The molecule has 1 aromatic heterocycles. The third-order valence-electron chi connectivity index (χ3n) is 2.06. The number of carbonyl (C=O) groups excluding carboxylic acids is 1. The van der Waals surface area contributed by atoms with Crippen molar-refractivity contribution in [3.05, 3.63) is 11.6 Å². The minimum Gasteiger partial charge on any atom is -0.272 e. The van der Waals surface area contributed by atoms with Crippen LogP contribution in [0, 0.1) is 5.92 Å². The lowest BCUT2D eigenvalue weighted by atomic mass is 10.1. The smallest absolute Gasteiger partial charge is 0.258 e. The van der Waals surface area contributed by atoms with E-state index in [1.54, 1.807) is 6.20 Å². The van der Waals surface area contributed by atoms with Crippen LogP contribution in [0.15, 0.2) is 16.7 Å². The summed E-state index contributed by atoms with van der Waals surface area (Å²) >= 11 is 1.41. The molecule has 0 radical (unpaired) electrons. The van der Waals surface area contributed by atoms with Gasteiger partial charge in [-0.25, -0.2) is 4.98 Å². The second-order valence-corrected chi connectivity index (χ2v) is 3.80. The standard InChI is InChI=1S/C8H9N3OS/c1-5-6(2)10-11(7(5)12)8-9-3-4-13-8/h3-5H,1-2H3. The van der Waals surface area contributed by atoms with Crippen molar-refractivity contribution in [3.63, 3.8) is 0 Å². The lowest BCUT2D eigenvalue weighted by molar-refractivity contribution is -0.119. The topological polar surface area (TPSA) is 45.6 Å². The molecule has 0 spiro atoms. The minimum absolute atomic E-state index is 0.00690. The van der Waals surface area contributed by atoms with Crippen molar-refractivity contribution in [2.75, 3.05) is 5.01 Å². The highest BCUT2D eigenvalue weighted by Crippen LogP contribution is 2.24. The average Bonchev–Trinajstić information content (AvgIpc) is 2.70. The number of aromatic nitrogens is 1. The van der Waals surface area contributed by atoms with Crippen LogP contribution in [0.5, 0.6) is 0 Å². The van der Waals surface area contributed by atoms with E-state index in [0.29, 0.717) is 5.13 Å². The molecule has 0 aromatic carbocycles. The van der Waals surface area contributed by atoms with Crippen molar-refractivity contribution < 1.29 is 4.79 Å². The van der Waals surface area contributed by atoms with E-state index in [4.69, 9.17) is 0 Å². The van der Waals surface area contributed by atoms with Crippen LogP contribution in [-0.2, 0) is 4.79 Å². The van der Waals surface area contributed by atoms with Gasteiger partial charge in [0.1, 0.15) is 0 Å². The summed E-state index contributed by atoms with van der Waals surface area (Å²) in [5.41, 5.74) is 0.847. The van der Waals surface area contributed by atoms with E-state index in [1.807, 2.05) is 19.2 Å². The molecule has 1 aliphatic heterocycles. The van der Waals surface area contributed by atoms with E-state index < -0.39 is 0 Å². The van der Waals surface area contributed by atoms with Gasteiger partial charge in [0.05, 0.1) is 5.92 Å². The van der Waals surface area contributed by atoms with E-state index in [2.05, 4.69) is 10.1 Å². The summed E-state index contributed by atoms with van der Waals surface area (Å²) in [7, 11) is 0. The summed E-state index contributed by atoms with van der Waals surface area (Å²) < 4.78 is 0. The predicted octanol–water partition coefficient (Wildman–Crippen LogP) is 1.50. The molecule has 0 aliphatic carbocycles. The Hall–Kier alpha value is -1.23. The van der Waals surface area contributed by atoms with Crippen LogP contribution in [0.2, 0.25) is 0 Å². The molecule has 4 nitrogen and oxygen atoms in total. The number of anilines is 1. The summed E-state index contributed by atoms with van der Waals surface area (Å²) in [6.07, 6.45) is 1.67. The van der Waals surface area contributed by atoms with Crippen molar-refractivity contribution in [2.45, 2.75) is 13.8 Å². The Morgan fingerprint density at radius 3 is 2.85 bits per heavy atom. The van der Waals surface area contributed by atoms with Crippen molar-refractivity contribution >= 4 is 28.1 Å². The molecule has 0 N–H and O–H groups in total. The molecule has 13 heavy (non-hydrogen) atoms.